The number of likely N-dealkylation sites (tertiary alicyclic amines) is 1. The van der Waals surface area contributed by atoms with Crippen LogP contribution in [0.25, 0.3) is 0 Å². The SMILES string of the molecule is O=C(c1cnc(C(F)(F)F)nc1)N1CCCCC[C@@H]1c1ncon1. The van der Waals surface area contributed by atoms with Crippen molar-refractivity contribution in [1.82, 2.24) is 25.0 Å². The summed E-state index contributed by atoms with van der Waals surface area (Å²) in [6.07, 6.45) is 1.64. The minimum absolute atomic E-state index is 0.00149. The van der Waals surface area contributed by atoms with E-state index in [1.807, 2.05) is 0 Å². The minimum Gasteiger partial charge on any atom is -0.343 e. The van der Waals surface area contributed by atoms with E-state index in [2.05, 4.69) is 20.1 Å². The molecule has 0 spiro atoms. The molecule has 0 saturated carbocycles. The number of nitrogens with zero attached hydrogens (tertiary/aromatic N) is 5. The van der Waals surface area contributed by atoms with Crippen LogP contribution in [0, 0.1) is 0 Å². The third-order valence-corrected chi connectivity index (χ3v) is 3.84. The van der Waals surface area contributed by atoms with Crippen molar-refractivity contribution >= 4 is 5.91 Å². The van der Waals surface area contributed by atoms with Crippen LogP contribution in [0.5, 0.6) is 0 Å². The zero-order valence-corrected chi connectivity index (χ0v) is 12.5. The Morgan fingerprint density at radius 3 is 2.54 bits per heavy atom. The van der Waals surface area contributed by atoms with E-state index in [0.717, 1.165) is 31.7 Å². The fourth-order valence-electron chi connectivity index (χ4n) is 2.70. The van der Waals surface area contributed by atoms with Crippen LogP contribution in [0.4, 0.5) is 13.2 Å². The molecule has 1 fully saturated rings. The maximum absolute atomic E-state index is 12.7. The highest BCUT2D eigenvalue weighted by molar-refractivity contribution is 5.93. The van der Waals surface area contributed by atoms with Gasteiger partial charge in [-0.25, -0.2) is 9.97 Å². The van der Waals surface area contributed by atoms with E-state index < -0.39 is 17.9 Å². The van der Waals surface area contributed by atoms with Gasteiger partial charge in [0.15, 0.2) is 5.82 Å². The van der Waals surface area contributed by atoms with Crippen LogP contribution in [-0.4, -0.2) is 37.5 Å². The number of rotatable bonds is 2. The molecule has 10 heteroatoms. The van der Waals surface area contributed by atoms with Gasteiger partial charge in [0.1, 0.15) is 0 Å². The Labute approximate surface area is 134 Å². The highest BCUT2D eigenvalue weighted by Gasteiger charge is 2.35. The highest BCUT2D eigenvalue weighted by Crippen LogP contribution is 2.30. The highest BCUT2D eigenvalue weighted by atomic mass is 19.4. The number of carbonyl (C=O) groups excluding carboxylic acids is 1. The second kappa shape index (κ2) is 6.54. The average molecular weight is 341 g/mol. The normalized spacial score (nSPS) is 19.1. The predicted octanol–water partition coefficient (Wildman–Crippen LogP) is 2.64. The molecule has 0 unspecified atom stereocenters. The molecule has 2 aromatic heterocycles. The van der Waals surface area contributed by atoms with Crippen LogP contribution in [0.2, 0.25) is 0 Å². The monoisotopic (exact) mass is 341 g/mol. The van der Waals surface area contributed by atoms with Gasteiger partial charge in [0, 0.05) is 18.9 Å². The molecule has 24 heavy (non-hydrogen) atoms. The van der Waals surface area contributed by atoms with Crippen molar-refractivity contribution in [2.45, 2.75) is 37.9 Å². The van der Waals surface area contributed by atoms with Gasteiger partial charge in [0.2, 0.25) is 12.2 Å². The van der Waals surface area contributed by atoms with Crippen molar-refractivity contribution in [3.05, 3.63) is 36.0 Å². The van der Waals surface area contributed by atoms with Gasteiger partial charge >= 0.3 is 6.18 Å². The summed E-state index contributed by atoms with van der Waals surface area (Å²) in [5, 5.41) is 3.79. The fraction of sp³-hybridized carbons (Fsp3) is 0.500. The Balaban J connectivity index is 1.85. The second-order valence-corrected chi connectivity index (χ2v) is 5.45. The zero-order valence-electron chi connectivity index (χ0n) is 12.5. The Bertz CT molecular complexity index is 687. The van der Waals surface area contributed by atoms with E-state index in [1.54, 1.807) is 4.90 Å². The van der Waals surface area contributed by atoms with Crippen LogP contribution in [0.1, 0.15) is 53.7 Å². The summed E-state index contributed by atoms with van der Waals surface area (Å²) < 4.78 is 42.3. The molecule has 0 N–H and O–H groups in total. The predicted molar refractivity (Wildman–Crippen MR) is 73.6 cm³/mol. The van der Waals surface area contributed by atoms with E-state index in [0.29, 0.717) is 18.8 Å². The topological polar surface area (TPSA) is 85.0 Å². The van der Waals surface area contributed by atoms with E-state index >= 15 is 0 Å². The lowest BCUT2D eigenvalue weighted by molar-refractivity contribution is -0.145. The largest absolute Gasteiger partial charge is 0.451 e. The van der Waals surface area contributed by atoms with E-state index in [-0.39, 0.29) is 11.6 Å². The number of amides is 1. The standard InChI is InChI=1S/C14H14F3N5O2/c15-14(16,17)13-18-6-9(7-19-13)12(23)22-5-3-1-2-4-10(22)11-20-8-24-21-11/h6-8,10H,1-5H2/t10-/m1/s1. The Kier molecular flexibility index (Phi) is 4.45. The summed E-state index contributed by atoms with van der Waals surface area (Å²) in [5.74, 6) is -1.33. The number of hydrogen-bond acceptors (Lipinski definition) is 6. The van der Waals surface area contributed by atoms with Gasteiger partial charge in [0.25, 0.3) is 5.91 Å². The number of hydrogen-bond donors (Lipinski definition) is 0. The molecular formula is C14H14F3N5O2. The first-order valence-corrected chi connectivity index (χ1v) is 7.43. The number of aromatic nitrogens is 4. The lowest BCUT2D eigenvalue weighted by atomic mass is 10.1. The van der Waals surface area contributed by atoms with Gasteiger partial charge in [-0.05, 0) is 12.8 Å². The summed E-state index contributed by atoms with van der Waals surface area (Å²) in [6.45, 7) is 0.457. The third-order valence-electron chi connectivity index (χ3n) is 3.84. The quantitative estimate of drug-likeness (QED) is 0.835. The van der Waals surface area contributed by atoms with Crippen molar-refractivity contribution in [3.8, 4) is 0 Å². The van der Waals surface area contributed by atoms with Crippen LogP contribution in [0.15, 0.2) is 23.3 Å². The molecule has 3 heterocycles. The molecular weight excluding hydrogens is 327 g/mol. The van der Waals surface area contributed by atoms with Gasteiger partial charge in [-0.15, -0.1) is 0 Å². The van der Waals surface area contributed by atoms with Crippen molar-refractivity contribution in [1.29, 1.82) is 0 Å². The molecule has 2 aromatic rings. The molecule has 1 atom stereocenters. The summed E-state index contributed by atoms with van der Waals surface area (Å²) in [5.41, 5.74) is -0.00149. The fourth-order valence-corrected chi connectivity index (χ4v) is 2.70. The summed E-state index contributed by atoms with van der Waals surface area (Å²) in [6, 6.07) is -0.374. The average Bonchev–Trinajstić information content (AvgIpc) is 2.98. The molecule has 1 amide bonds. The third kappa shape index (κ3) is 3.36. The van der Waals surface area contributed by atoms with Gasteiger partial charge < -0.3 is 9.42 Å². The minimum atomic E-state index is -4.64. The summed E-state index contributed by atoms with van der Waals surface area (Å²) in [7, 11) is 0. The molecule has 1 saturated heterocycles. The lowest BCUT2D eigenvalue weighted by Crippen LogP contribution is -2.35. The molecule has 0 aromatic carbocycles. The molecule has 1 aliphatic heterocycles. The molecule has 1 aliphatic rings. The number of carbonyl (C=O) groups is 1. The van der Waals surface area contributed by atoms with E-state index in [9.17, 15) is 18.0 Å². The van der Waals surface area contributed by atoms with Crippen molar-refractivity contribution in [2.24, 2.45) is 0 Å². The molecule has 0 radical (unpaired) electrons. The van der Waals surface area contributed by atoms with Gasteiger partial charge in [-0.2, -0.15) is 18.2 Å². The Morgan fingerprint density at radius 1 is 1.17 bits per heavy atom. The molecule has 7 nitrogen and oxygen atoms in total. The smallest absolute Gasteiger partial charge is 0.343 e. The molecule has 0 aliphatic carbocycles. The molecule has 0 bridgehead atoms. The van der Waals surface area contributed by atoms with Gasteiger partial charge in [-0.3, -0.25) is 4.79 Å². The van der Waals surface area contributed by atoms with Crippen LogP contribution in [0.3, 0.4) is 0 Å². The Hall–Kier alpha value is -2.52. The Morgan fingerprint density at radius 2 is 1.92 bits per heavy atom. The van der Waals surface area contributed by atoms with Crippen LogP contribution < -0.4 is 0 Å². The first-order chi connectivity index (χ1) is 11.5. The van der Waals surface area contributed by atoms with Crippen molar-refractivity contribution in [3.63, 3.8) is 0 Å². The van der Waals surface area contributed by atoms with Crippen LogP contribution >= 0.6 is 0 Å². The number of halogens is 3. The summed E-state index contributed by atoms with van der Waals surface area (Å²) in [4.78, 5) is 24.7. The molecule has 128 valence electrons. The first kappa shape index (κ1) is 16.3. The lowest BCUT2D eigenvalue weighted by Gasteiger charge is -2.27. The zero-order chi connectivity index (χ0) is 17.2. The first-order valence-electron chi connectivity index (χ1n) is 7.43. The summed E-state index contributed by atoms with van der Waals surface area (Å²) >= 11 is 0. The van der Waals surface area contributed by atoms with E-state index in [1.165, 1.54) is 6.39 Å². The van der Waals surface area contributed by atoms with E-state index in [4.69, 9.17) is 4.52 Å². The maximum atomic E-state index is 12.7. The van der Waals surface area contributed by atoms with Crippen molar-refractivity contribution < 1.29 is 22.5 Å². The second-order valence-electron chi connectivity index (χ2n) is 5.45. The van der Waals surface area contributed by atoms with Gasteiger partial charge in [0.05, 0.1) is 11.6 Å². The van der Waals surface area contributed by atoms with Gasteiger partial charge in [-0.1, -0.05) is 18.0 Å². The van der Waals surface area contributed by atoms with Crippen LogP contribution in [-0.2, 0) is 6.18 Å². The molecule has 3 rings (SSSR count). The number of alkyl halides is 3. The maximum Gasteiger partial charge on any atom is 0.451 e. The van der Waals surface area contributed by atoms with Crippen molar-refractivity contribution in [2.75, 3.05) is 6.54 Å².